The molecular weight excluding hydrogens is 450 g/mol. The number of nitrogens with one attached hydrogen (secondary N) is 1. The molecule has 2 N–H and O–H groups in total. The lowest BCUT2D eigenvalue weighted by atomic mass is 10.0. The first-order chi connectivity index (χ1) is 16.7. The van der Waals surface area contributed by atoms with Crippen molar-refractivity contribution >= 4 is 23.8 Å². The van der Waals surface area contributed by atoms with Crippen LogP contribution in [0.2, 0.25) is 0 Å². The molecule has 0 unspecified atom stereocenters. The van der Waals surface area contributed by atoms with Crippen LogP contribution >= 0.6 is 0 Å². The van der Waals surface area contributed by atoms with E-state index >= 15 is 0 Å². The van der Waals surface area contributed by atoms with Crippen LogP contribution in [0.4, 0.5) is 4.79 Å². The average molecular weight is 484 g/mol. The number of fused-ring (bicyclic) bond motifs is 1. The Hall–Kier alpha value is -3.58. The van der Waals surface area contributed by atoms with E-state index in [2.05, 4.69) is 11.2 Å². The molecule has 1 aromatic carbocycles. The molecule has 10 heteroatoms. The zero-order chi connectivity index (χ0) is 25.5. The first kappa shape index (κ1) is 26.0. The number of aliphatic carboxylic acids is 1. The van der Waals surface area contributed by atoms with E-state index in [0.29, 0.717) is 12.5 Å². The molecule has 2 fully saturated rings. The van der Waals surface area contributed by atoms with Gasteiger partial charge in [-0.3, -0.25) is 14.4 Å². The van der Waals surface area contributed by atoms with Crippen LogP contribution in [0.15, 0.2) is 30.3 Å². The van der Waals surface area contributed by atoms with Crippen LogP contribution in [0.1, 0.15) is 38.7 Å². The van der Waals surface area contributed by atoms with E-state index in [1.54, 1.807) is 4.90 Å². The number of nitrogens with zero attached hydrogens (tertiary/aromatic N) is 4. The lowest BCUT2D eigenvalue weighted by Gasteiger charge is -2.55. The van der Waals surface area contributed by atoms with Gasteiger partial charge in [-0.15, -0.1) is 6.42 Å². The molecule has 0 bridgehead atoms. The Kier molecular flexibility index (Phi) is 8.71. The zero-order valence-corrected chi connectivity index (χ0v) is 20.2. The molecule has 2 heterocycles. The molecule has 35 heavy (non-hydrogen) atoms. The maximum Gasteiger partial charge on any atom is 0.334 e. The number of carboxylic acid groups (broad SMARTS) is 1. The van der Waals surface area contributed by atoms with Crippen molar-refractivity contribution in [1.82, 2.24) is 25.1 Å². The summed E-state index contributed by atoms with van der Waals surface area (Å²) in [7, 11) is 0. The Morgan fingerprint density at radius 2 is 1.94 bits per heavy atom. The Morgan fingerprint density at radius 3 is 2.57 bits per heavy atom. The number of benzene rings is 1. The number of carboxylic acids is 1. The van der Waals surface area contributed by atoms with E-state index in [0.717, 1.165) is 12.0 Å². The fraction of sp³-hybridized carbons (Fsp3) is 0.520. The number of rotatable bonds is 9. The van der Waals surface area contributed by atoms with Crippen molar-refractivity contribution in [2.24, 2.45) is 5.92 Å². The van der Waals surface area contributed by atoms with E-state index in [4.69, 9.17) is 6.42 Å². The zero-order valence-electron chi connectivity index (χ0n) is 20.2. The largest absolute Gasteiger partial charge is 0.481 e. The number of carbonyl (C=O) groups excluding carboxylic acids is 3. The van der Waals surface area contributed by atoms with Crippen LogP contribution in [0.25, 0.3) is 0 Å². The molecule has 0 aromatic heterocycles. The highest BCUT2D eigenvalue weighted by Gasteiger charge is 2.51. The van der Waals surface area contributed by atoms with Gasteiger partial charge in [0.2, 0.25) is 11.8 Å². The van der Waals surface area contributed by atoms with Gasteiger partial charge in [-0.05, 0) is 24.3 Å². The minimum atomic E-state index is -1.05. The molecular formula is C25H33N5O5. The number of hydrogen-bond donors (Lipinski definition) is 2. The van der Waals surface area contributed by atoms with Gasteiger partial charge in [-0.2, -0.15) is 5.01 Å². The summed E-state index contributed by atoms with van der Waals surface area (Å²) in [4.78, 5) is 54.2. The van der Waals surface area contributed by atoms with Crippen molar-refractivity contribution in [1.29, 1.82) is 0 Å². The lowest BCUT2D eigenvalue weighted by molar-refractivity contribution is -0.189. The van der Waals surface area contributed by atoms with E-state index in [-0.39, 0.29) is 50.8 Å². The molecule has 0 saturated carbocycles. The summed E-state index contributed by atoms with van der Waals surface area (Å²) in [5, 5.41) is 15.1. The van der Waals surface area contributed by atoms with Crippen molar-refractivity contribution < 1.29 is 24.3 Å². The van der Waals surface area contributed by atoms with Crippen LogP contribution in [-0.2, 0) is 20.9 Å². The average Bonchev–Trinajstić information content (AvgIpc) is 2.81. The van der Waals surface area contributed by atoms with Gasteiger partial charge in [0.25, 0.3) is 0 Å². The minimum Gasteiger partial charge on any atom is -0.481 e. The molecule has 0 radical (unpaired) electrons. The molecule has 0 spiro atoms. The highest BCUT2D eigenvalue weighted by molar-refractivity contribution is 5.91. The topological polar surface area (TPSA) is 114 Å². The fourth-order valence-corrected chi connectivity index (χ4v) is 4.44. The number of urea groups is 1. The van der Waals surface area contributed by atoms with E-state index in [9.17, 15) is 24.3 Å². The molecule has 1 aromatic rings. The quantitative estimate of drug-likeness (QED) is 0.513. The first-order valence-corrected chi connectivity index (χ1v) is 11.8. The number of terminal acetylenes is 1. The van der Waals surface area contributed by atoms with Crippen molar-refractivity contribution in [3.05, 3.63) is 35.9 Å². The highest BCUT2D eigenvalue weighted by Crippen LogP contribution is 2.29. The maximum atomic E-state index is 13.4. The summed E-state index contributed by atoms with van der Waals surface area (Å²) >= 11 is 0. The first-order valence-electron chi connectivity index (χ1n) is 11.8. The number of amides is 4. The molecule has 188 valence electrons. The summed E-state index contributed by atoms with van der Waals surface area (Å²) in [6.45, 7) is 4.81. The second kappa shape index (κ2) is 11.7. The molecule has 0 aliphatic carbocycles. The Labute approximate surface area is 205 Å². The van der Waals surface area contributed by atoms with Gasteiger partial charge in [-0.25, -0.2) is 9.80 Å². The van der Waals surface area contributed by atoms with E-state index in [1.807, 2.05) is 44.2 Å². The van der Waals surface area contributed by atoms with Crippen LogP contribution in [0.5, 0.6) is 0 Å². The third kappa shape index (κ3) is 6.31. The number of piperazine rings is 1. The summed E-state index contributed by atoms with van der Waals surface area (Å²) in [6.07, 6.45) is 5.20. The van der Waals surface area contributed by atoms with Crippen LogP contribution in [0.3, 0.4) is 0 Å². The predicted molar refractivity (Wildman–Crippen MR) is 128 cm³/mol. The third-order valence-electron chi connectivity index (χ3n) is 6.21. The monoisotopic (exact) mass is 483 g/mol. The molecule has 2 atom stereocenters. The van der Waals surface area contributed by atoms with Gasteiger partial charge in [0.1, 0.15) is 12.2 Å². The fourth-order valence-electron chi connectivity index (χ4n) is 4.44. The van der Waals surface area contributed by atoms with Gasteiger partial charge < -0.3 is 20.2 Å². The minimum absolute atomic E-state index is 0.0246. The standard InChI is InChI=1S/C25H33N5O5/c1-4-13-28-17-22(31)29-20(10-11-23(32)33)24(34)27(14-12-18(2)3)16-21(29)30(28)25(35)26-15-19-8-6-5-7-9-19/h1,5-9,18,20-21H,10-17H2,2-3H3,(H,26,35)(H,32,33)/t20-,21-/m0/s1. The van der Waals surface area contributed by atoms with Gasteiger partial charge in [0.15, 0.2) is 0 Å². The van der Waals surface area contributed by atoms with Crippen LogP contribution in [-0.4, -0.2) is 87.1 Å². The molecule has 4 amide bonds. The summed E-state index contributed by atoms with van der Waals surface area (Å²) in [6, 6.07) is 8.01. The Balaban J connectivity index is 1.91. The molecule has 2 aliphatic heterocycles. The SMILES string of the molecule is C#CCN1CC(=O)N2[C@@H](CCC(=O)O)C(=O)N(CCC(C)C)C[C@@H]2N1C(=O)NCc1ccccc1. The smallest absolute Gasteiger partial charge is 0.334 e. The van der Waals surface area contributed by atoms with E-state index < -0.39 is 24.2 Å². The Bertz CT molecular complexity index is 976. The normalized spacial score (nSPS) is 20.6. The Morgan fingerprint density at radius 1 is 1.23 bits per heavy atom. The molecule has 3 rings (SSSR count). The molecule has 2 saturated heterocycles. The second-order valence-electron chi connectivity index (χ2n) is 9.21. The summed E-state index contributed by atoms with van der Waals surface area (Å²) < 4.78 is 0. The highest BCUT2D eigenvalue weighted by atomic mass is 16.4. The van der Waals surface area contributed by atoms with Crippen LogP contribution < -0.4 is 5.32 Å². The van der Waals surface area contributed by atoms with Crippen molar-refractivity contribution in [3.8, 4) is 12.3 Å². The van der Waals surface area contributed by atoms with Gasteiger partial charge in [0, 0.05) is 19.5 Å². The van der Waals surface area contributed by atoms with E-state index in [1.165, 1.54) is 14.9 Å². The van der Waals surface area contributed by atoms with Crippen LogP contribution in [0, 0.1) is 18.3 Å². The van der Waals surface area contributed by atoms with Gasteiger partial charge >= 0.3 is 12.0 Å². The molecule has 2 aliphatic rings. The van der Waals surface area contributed by atoms with Crippen molar-refractivity contribution in [2.45, 2.75) is 51.9 Å². The number of carbonyl (C=O) groups is 4. The maximum absolute atomic E-state index is 13.4. The van der Waals surface area contributed by atoms with Crippen molar-refractivity contribution in [3.63, 3.8) is 0 Å². The summed E-state index contributed by atoms with van der Waals surface area (Å²) in [5.74, 6) is 1.15. The third-order valence-corrected chi connectivity index (χ3v) is 6.21. The van der Waals surface area contributed by atoms with Crippen molar-refractivity contribution in [2.75, 3.05) is 26.2 Å². The molecule has 10 nitrogen and oxygen atoms in total. The summed E-state index contributed by atoms with van der Waals surface area (Å²) in [5.41, 5.74) is 0.908. The number of hydrazine groups is 1. The predicted octanol–water partition coefficient (Wildman–Crippen LogP) is 1.34. The lowest BCUT2D eigenvalue weighted by Crippen LogP contribution is -2.76. The number of hydrogen-bond acceptors (Lipinski definition) is 5. The van der Waals surface area contributed by atoms with Gasteiger partial charge in [-0.1, -0.05) is 50.1 Å². The second-order valence-corrected chi connectivity index (χ2v) is 9.21. The van der Waals surface area contributed by atoms with Gasteiger partial charge in [0.05, 0.1) is 19.6 Å².